The number of carbonyl (C=O) groups excluding carboxylic acids is 2. The van der Waals surface area contributed by atoms with Gasteiger partial charge in [0.2, 0.25) is 0 Å². The van der Waals surface area contributed by atoms with Crippen molar-refractivity contribution in [2.75, 3.05) is 53.2 Å². The van der Waals surface area contributed by atoms with Crippen molar-refractivity contribution in [1.82, 2.24) is 15.5 Å². The molecule has 0 radical (unpaired) electrons. The summed E-state index contributed by atoms with van der Waals surface area (Å²) in [6, 6.07) is 17.8. The minimum absolute atomic E-state index is 0.0562. The Balaban J connectivity index is 1.97. The molecule has 0 saturated heterocycles. The number of hydrogen-bond donors (Lipinski definition) is 3. The highest BCUT2D eigenvalue weighted by Gasteiger charge is 2.36. The summed E-state index contributed by atoms with van der Waals surface area (Å²) in [5.74, 6) is -4.61. The lowest BCUT2D eigenvalue weighted by molar-refractivity contribution is -0.156. The fourth-order valence-corrected chi connectivity index (χ4v) is 5.67. The average Bonchev–Trinajstić information content (AvgIpc) is 3.09. The molecule has 0 heterocycles. The summed E-state index contributed by atoms with van der Waals surface area (Å²) in [6.07, 6.45) is -0.00711. The second-order valence-corrected chi connectivity index (χ2v) is 11.9. The molecular weight excluding hydrogens is 648 g/mol. The molecule has 3 aromatic carbocycles. The normalized spacial score (nSPS) is 13.0. The van der Waals surface area contributed by atoms with Gasteiger partial charge in [0.25, 0.3) is 11.8 Å². The van der Waals surface area contributed by atoms with E-state index in [0.717, 1.165) is 36.6 Å². The maximum absolute atomic E-state index is 14.4. The number of benzene rings is 3. The van der Waals surface area contributed by atoms with Crippen LogP contribution in [-0.2, 0) is 32.0 Å². The number of hydrogen-bond acceptors (Lipinski definition) is 7. The summed E-state index contributed by atoms with van der Waals surface area (Å²) in [5, 5.41) is 16.6. The number of nitrogens with one attached hydrogen (secondary N) is 2. The van der Waals surface area contributed by atoms with Crippen LogP contribution in [0.3, 0.4) is 0 Å². The lowest BCUT2D eigenvalue weighted by Crippen LogP contribution is -2.52. The lowest BCUT2D eigenvalue weighted by Gasteiger charge is -2.33. The Bertz CT molecular complexity index is 1470. The molecule has 2 amide bonds. The highest BCUT2D eigenvalue weighted by molar-refractivity contribution is 5.99. The van der Waals surface area contributed by atoms with E-state index < -0.39 is 41.6 Å². The standard InChI is InChI=1S/C38H49F2N3O7/c1-4-14-43(15-5-2)37(45)30-13-9-12-29(23-30)36(44)42-34(22-28-20-31(39)24-32(40)21-28)33(26-41-25-27-10-7-6-8-11-27)35(38(46)47)50-19-18-49-17-16-48-3/h6-13,20-21,23-24,33-35,41H,4-5,14-19,22,25-26H2,1-3H3,(H,42,44)(H,46,47). The van der Waals surface area contributed by atoms with Crippen LogP contribution in [0.15, 0.2) is 72.8 Å². The summed E-state index contributed by atoms with van der Waals surface area (Å²) in [4.78, 5) is 41.7. The van der Waals surface area contributed by atoms with Crippen LogP contribution in [0.5, 0.6) is 0 Å². The first-order chi connectivity index (χ1) is 24.2. The maximum Gasteiger partial charge on any atom is 0.333 e. The number of nitrogens with zero attached hydrogens (tertiary/aromatic N) is 1. The largest absolute Gasteiger partial charge is 0.479 e. The quantitative estimate of drug-likeness (QED) is 0.117. The zero-order valence-electron chi connectivity index (χ0n) is 29.0. The van der Waals surface area contributed by atoms with Crippen molar-refractivity contribution in [3.05, 3.63) is 107 Å². The molecule has 3 rings (SSSR count). The Labute approximate surface area is 293 Å². The minimum atomic E-state index is -1.45. The molecule has 0 spiro atoms. The predicted molar refractivity (Wildman–Crippen MR) is 186 cm³/mol. The summed E-state index contributed by atoms with van der Waals surface area (Å²) >= 11 is 0. The molecule has 3 N–H and O–H groups in total. The van der Waals surface area contributed by atoms with E-state index in [1.165, 1.54) is 13.2 Å². The van der Waals surface area contributed by atoms with Crippen LogP contribution in [0.25, 0.3) is 0 Å². The summed E-state index contributed by atoms with van der Waals surface area (Å²) < 4.78 is 45.0. The number of ether oxygens (including phenoxy) is 3. The van der Waals surface area contributed by atoms with Gasteiger partial charge in [-0.3, -0.25) is 9.59 Å². The summed E-state index contributed by atoms with van der Waals surface area (Å²) in [5.41, 5.74) is 1.67. The topological polar surface area (TPSA) is 126 Å². The van der Waals surface area contributed by atoms with Crippen molar-refractivity contribution in [3.8, 4) is 0 Å². The second-order valence-electron chi connectivity index (χ2n) is 11.9. The number of halogens is 2. The number of amides is 2. The highest BCUT2D eigenvalue weighted by Crippen LogP contribution is 2.21. The number of carboxylic acids is 1. The van der Waals surface area contributed by atoms with E-state index in [2.05, 4.69) is 10.6 Å². The Hall–Kier alpha value is -4.23. The first kappa shape index (κ1) is 40.2. The summed E-state index contributed by atoms with van der Waals surface area (Å²) in [6.45, 7) is 6.22. The van der Waals surface area contributed by atoms with Crippen molar-refractivity contribution < 1.29 is 42.5 Å². The Morgan fingerprint density at radius 3 is 2.12 bits per heavy atom. The third-order valence-electron chi connectivity index (χ3n) is 8.00. The van der Waals surface area contributed by atoms with Crippen LogP contribution >= 0.6 is 0 Å². The Morgan fingerprint density at radius 2 is 1.48 bits per heavy atom. The van der Waals surface area contributed by atoms with Gasteiger partial charge >= 0.3 is 5.97 Å². The van der Waals surface area contributed by atoms with Crippen molar-refractivity contribution >= 4 is 17.8 Å². The fraction of sp³-hybridized carbons (Fsp3) is 0.447. The van der Waals surface area contributed by atoms with Crippen LogP contribution in [0, 0.1) is 17.6 Å². The van der Waals surface area contributed by atoms with Gasteiger partial charge in [-0.15, -0.1) is 0 Å². The monoisotopic (exact) mass is 697 g/mol. The third-order valence-corrected chi connectivity index (χ3v) is 8.00. The van der Waals surface area contributed by atoms with E-state index in [0.29, 0.717) is 38.4 Å². The SMILES string of the molecule is CCCN(CCC)C(=O)c1cccc(C(=O)NC(Cc2cc(F)cc(F)c2)C(CNCc2ccccc2)C(OCCOCCOC)C(=O)O)c1. The number of rotatable bonds is 23. The van der Waals surface area contributed by atoms with Crippen LogP contribution in [0.4, 0.5) is 8.78 Å². The van der Waals surface area contributed by atoms with E-state index in [9.17, 15) is 28.3 Å². The van der Waals surface area contributed by atoms with E-state index in [1.807, 2.05) is 44.2 Å². The maximum atomic E-state index is 14.4. The predicted octanol–water partition coefficient (Wildman–Crippen LogP) is 5.11. The lowest BCUT2D eigenvalue weighted by atomic mass is 9.88. The first-order valence-corrected chi connectivity index (χ1v) is 17.0. The van der Waals surface area contributed by atoms with Crippen molar-refractivity contribution in [3.63, 3.8) is 0 Å². The highest BCUT2D eigenvalue weighted by atomic mass is 19.1. The van der Waals surface area contributed by atoms with Gasteiger partial charge in [0.05, 0.1) is 26.4 Å². The van der Waals surface area contributed by atoms with Crippen molar-refractivity contribution in [2.24, 2.45) is 5.92 Å². The van der Waals surface area contributed by atoms with Gasteiger partial charge in [-0.1, -0.05) is 50.2 Å². The Kier molecular flexibility index (Phi) is 17.5. The Morgan fingerprint density at radius 1 is 0.820 bits per heavy atom. The molecule has 0 aliphatic heterocycles. The second kappa shape index (κ2) is 21.8. The molecule has 0 saturated carbocycles. The molecule has 3 atom stereocenters. The summed E-state index contributed by atoms with van der Waals surface area (Å²) in [7, 11) is 1.54. The van der Waals surface area contributed by atoms with Gasteiger partial charge < -0.3 is 34.9 Å². The van der Waals surface area contributed by atoms with Gasteiger partial charge in [0.15, 0.2) is 6.10 Å². The van der Waals surface area contributed by atoms with Crippen LogP contribution in [0.1, 0.15) is 58.5 Å². The molecule has 0 aliphatic carbocycles. The molecule has 272 valence electrons. The van der Waals surface area contributed by atoms with Gasteiger partial charge in [0, 0.05) is 62.4 Å². The van der Waals surface area contributed by atoms with Crippen molar-refractivity contribution in [2.45, 2.75) is 51.8 Å². The molecule has 0 aliphatic rings. The fourth-order valence-electron chi connectivity index (χ4n) is 5.67. The van der Waals surface area contributed by atoms with Crippen molar-refractivity contribution in [1.29, 1.82) is 0 Å². The van der Waals surface area contributed by atoms with Crippen LogP contribution in [-0.4, -0.2) is 93.1 Å². The van der Waals surface area contributed by atoms with E-state index in [4.69, 9.17) is 14.2 Å². The number of methoxy groups -OCH3 is 1. The van der Waals surface area contributed by atoms with Gasteiger partial charge in [-0.25, -0.2) is 13.6 Å². The van der Waals surface area contributed by atoms with Crippen LogP contribution in [0.2, 0.25) is 0 Å². The molecule has 10 nitrogen and oxygen atoms in total. The van der Waals surface area contributed by atoms with Gasteiger partial charge in [-0.05, 0) is 60.7 Å². The van der Waals surface area contributed by atoms with Gasteiger partial charge in [-0.2, -0.15) is 0 Å². The van der Waals surface area contributed by atoms with E-state index in [-0.39, 0.29) is 43.2 Å². The molecule has 3 unspecified atom stereocenters. The molecule has 0 fully saturated rings. The van der Waals surface area contributed by atoms with Crippen LogP contribution < -0.4 is 10.6 Å². The number of carbonyl (C=O) groups is 3. The number of carboxylic acid groups (broad SMARTS) is 1. The van der Waals surface area contributed by atoms with Gasteiger partial charge in [0.1, 0.15) is 11.6 Å². The molecule has 0 aromatic heterocycles. The number of aliphatic carboxylic acids is 1. The molecular formula is C38H49F2N3O7. The minimum Gasteiger partial charge on any atom is -0.479 e. The molecule has 3 aromatic rings. The van der Waals surface area contributed by atoms with E-state index >= 15 is 0 Å². The average molecular weight is 698 g/mol. The molecule has 50 heavy (non-hydrogen) atoms. The zero-order valence-corrected chi connectivity index (χ0v) is 29.0. The van der Waals surface area contributed by atoms with E-state index in [1.54, 1.807) is 23.1 Å². The molecule has 0 bridgehead atoms. The smallest absolute Gasteiger partial charge is 0.333 e. The first-order valence-electron chi connectivity index (χ1n) is 17.0. The molecule has 12 heteroatoms. The third kappa shape index (κ3) is 13.2. The zero-order chi connectivity index (χ0) is 36.3.